The summed E-state index contributed by atoms with van der Waals surface area (Å²) in [5, 5.41) is 3.32. The molecule has 2 rings (SSSR count). The second-order valence-electron chi connectivity index (χ2n) is 8.16. The lowest BCUT2D eigenvalue weighted by atomic mass is 10.1. The fourth-order valence-corrected chi connectivity index (χ4v) is 4.42. The van der Waals surface area contributed by atoms with E-state index >= 15 is 0 Å². The van der Waals surface area contributed by atoms with E-state index in [9.17, 15) is 18.0 Å². The molecule has 2 amide bonds. The Morgan fingerprint density at radius 3 is 2.24 bits per heavy atom. The first-order valence-corrected chi connectivity index (χ1v) is 12.6. The molecule has 0 aromatic heterocycles. The average Bonchev–Trinajstić information content (AvgIpc) is 2.78. The van der Waals surface area contributed by atoms with Crippen molar-refractivity contribution in [1.29, 1.82) is 0 Å². The van der Waals surface area contributed by atoms with Crippen LogP contribution < -0.4 is 5.32 Å². The van der Waals surface area contributed by atoms with Crippen molar-refractivity contribution in [3.8, 4) is 0 Å². The highest BCUT2D eigenvalue weighted by atomic mass is 35.5. The van der Waals surface area contributed by atoms with Crippen LogP contribution in [-0.2, 0) is 26.2 Å². The molecule has 1 N–H and O–H groups in total. The quantitative estimate of drug-likeness (QED) is 0.547. The molecule has 2 aromatic rings. The van der Waals surface area contributed by atoms with E-state index in [1.165, 1.54) is 36.2 Å². The van der Waals surface area contributed by atoms with Crippen LogP contribution in [0.15, 0.2) is 53.4 Å². The number of benzene rings is 2. The number of aryl methyl sites for hydroxylation is 1. The van der Waals surface area contributed by atoms with E-state index in [4.69, 9.17) is 11.6 Å². The Labute approximate surface area is 201 Å². The second-order valence-corrected chi connectivity index (χ2v) is 10.6. The van der Waals surface area contributed by atoms with E-state index in [1.54, 1.807) is 6.92 Å². The van der Waals surface area contributed by atoms with E-state index in [0.717, 1.165) is 21.9 Å². The third kappa shape index (κ3) is 7.03. The topological polar surface area (TPSA) is 86.8 Å². The largest absolute Gasteiger partial charge is 0.352 e. The van der Waals surface area contributed by atoms with Crippen LogP contribution in [0.25, 0.3) is 0 Å². The number of carbonyl (C=O) groups is 2. The molecule has 0 heterocycles. The molecule has 0 saturated heterocycles. The maximum atomic E-state index is 13.3. The van der Waals surface area contributed by atoms with Gasteiger partial charge in [0, 0.05) is 24.7 Å². The molecule has 0 aliphatic rings. The molecule has 2 aromatic carbocycles. The Hall–Kier alpha value is -2.42. The van der Waals surface area contributed by atoms with E-state index in [2.05, 4.69) is 5.32 Å². The highest BCUT2D eigenvalue weighted by Gasteiger charge is 2.30. The number of nitrogens with one attached hydrogen (secondary N) is 1. The van der Waals surface area contributed by atoms with Crippen molar-refractivity contribution >= 4 is 33.4 Å². The fraction of sp³-hybridized carbons (Fsp3) is 0.417. The number of hydrogen-bond donors (Lipinski definition) is 1. The molecule has 0 unspecified atom stereocenters. The second kappa shape index (κ2) is 11.6. The van der Waals surface area contributed by atoms with Crippen LogP contribution in [-0.4, -0.2) is 55.1 Å². The smallest absolute Gasteiger partial charge is 0.243 e. The van der Waals surface area contributed by atoms with Gasteiger partial charge in [0.15, 0.2) is 0 Å². The number of likely N-dealkylation sites (N-methyl/N-ethyl adjacent to an activating group) is 1. The number of carbonyl (C=O) groups excluding carboxylic acids is 2. The number of hydrogen-bond acceptors (Lipinski definition) is 4. The van der Waals surface area contributed by atoms with Crippen LogP contribution in [0.1, 0.15) is 38.3 Å². The lowest BCUT2D eigenvalue weighted by Crippen LogP contribution is -2.52. The molecule has 7 nitrogen and oxygen atoms in total. The van der Waals surface area contributed by atoms with Gasteiger partial charge in [-0.2, -0.15) is 4.31 Å². The van der Waals surface area contributed by atoms with Gasteiger partial charge in [-0.1, -0.05) is 42.8 Å². The normalized spacial score (nSPS) is 13.4. The van der Waals surface area contributed by atoms with E-state index in [0.29, 0.717) is 5.02 Å². The van der Waals surface area contributed by atoms with Gasteiger partial charge in [0.2, 0.25) is 21.8 Å². The maximum absolute atomic E-state index is 13.3. The molecule has 2 atom stereocenters. The Balaban J connectivity index is 2.29. The predicted octanol–water partition coefficient (Wildman–Crippen LogP) is 3.60. The number of halogens is 1. The zero-order chi connectivity index (χ0) is 24.8. The van der Waals surface area contributed by atoms with Crippen molar-refractivity contribution in [1.82, 2.24) is 14.5 Å². The number of nitrogens with zero attached hydrogens (tertiary/aromatic N) is 2. The molecule has 0 aliphatic carbocycles. The van der Waals surface area contributed by atoms with Gasteiger partial charge in [-0.05, 0) is 62.6 Å². The number of rotatable bonds is 10. The van der Waals surface area contributed by atoms with E-state index in [1.807, 2.05) is 45.0 Å². The molecule has 33 heavy (non-hydrogen) atoms. The number of amides is 2. The third-order valence-corrected chi connectivity index (χ3v) is 7.72. The van der Waals surface area contributed by atoms with Crippen molar-refractivity contribution < 1.29 is 18.0 Å². The van der Waals surface area contributed by atoms with Crippen molar-refractivity contribution in [3.63, 3.8) is 0 Å². The monoisotopic (exact) mass is 493 g/mol. The van der Waals surface area contributed by atoms with Gasteiger partial charge in [-0.15, -0.1) is 0 Å². The first-order chi connectivity index (χ1) is 15.5. The minimum Gasteiger partial charge on any atom is -0.352 e. The Bertz CT molecular complexity index is 1070. The highest BCUT2D eigenvalue weighted by molar-refractivity contribution is 7.89. The van der Waals surface area contributed by atoms with Gasteiger partial charge in [-0.3, -0.25) is 9.59 Å². The lowest BCUT2D eigenvalue weighted by Gasteiger charge is -2.31. The van der Waals surface area contributed by atoms with Gasteiger partial charge in [-0.25, -0.2) is 8.42 Å². The molecular weight excluding hydrogens is 462 g/mol. The SMILES string of the molecule is CC[C@H](C)NC(=O)[C@@H](C)N(Cc1ccccc1C)C(=O)CN(C)S(=O)(=O)c1ccc(Cl)cc1. The van der Waals surface area contributed by atoms with Crippen molar-refractivity contribution in [3.05, 3.63) is 64.7 Å². The standard InChI is InChI=1S/C24H32ClN3O4S/c1-6-18(3)26-24(30)19(4)28(15-20-10-8-7-9-17(20)2)23(29)16-27(5)33(31,32)22-13-11-21(25)12-14-22/h7-14,18-19H,6,15-16H2,1-5H3,(H,26,30)/t18-,19+/m0/s1. The van der Waals surface area contributed by atoms with Gasteiger partial charge in [0.1, 0.15) is 6.04 Å². The van der Waals surface area contributed by atoms with Crippen LogP contribution in [0.2, 0.25) is 5.02 Å². The average molecular weight is 494 g/mol. The van der Waals surface area contributed by atoms with E-state index < -0.39 is 28.5 Å². The summed E-state index contributed by atoms with van der Waals surface area (Å²) >= 11 is 5.86. The van der Waals surface area contributed by atoms with Crippen LogP contribution >= 0.6 is 11.6 Å². The Morgan fingerprint density at radius 2 is 1.67 bits per heavy atom. The fourth-order valence-electron chi connectivity index (χ4n) is 3.17. The summed E-state index contributed by atoms with van der Waals surface area (Å²) < 4.78 is 26.9. The number of sulfonamides is 1. The molecular formula is C24H32ClN3O4S. The van der Waals surface area contributed by atoms with E-state index in [-0.39, 0.29) is 23.4 Å². The molecule has 0 aliphatic heterocycles. The molecule has 0 fully saturated rings. The minimum atomic E-state index is -3.91. The highest BCUT2D eigenvalue weighted by Crippen LogP contribution is 2.19. The zero-order valence-electron chi connectivity index (χ0n) is 19.7. The van der Waals surface area contributed by atoms with Crippen molar-refractivity contribution in [2.45, 2.75) is 57.6 Å². The van der Waals surface area contributed by atoms with Crippen molar-refractivity contribution in [2.75, 3.05) is 13.6 Å². The summed E-state index contributed by atoms with van der Waals surface area (Å²) in [6, 6.07) is 12.5. The third-order valence-electron chi connectivity index (χ3n) is 5.65. The van der Waals surface area contributed by atoms with Gasteiger partial charge in [0.25, 0.3) is 0 Å². The summed E-state index contributed by atoms with van der Waals surface area (Å²) in [5.41, 5.74) is 1.87. The maximum Gasteiger partial charge on any atom is 0.243 e. The molecule has 0 saturated carbocycles. The summed E-state index contributed by atoms with van der Waals surface area (Å²) in [6.07, 6.45) is 0.756. The molecule has 9 heteroatoms. The van der Waals surface area contributed by atoms with Gasteiger partial charge in [0.05, 0.1) is 11.4 Å². The Morgan fingerprint density at radius 1 is 1.06 bits per heavy atom. The first kappa shape index (κ1) is 26.8. The summed E-state index contributed by atoms with van der Waals surface area (Å²) in [4.78, 5) is 27.6. The zero-order valence-corrected chi connectivity index (χ0v) is 21.3. The van der Waals surface area contributed by atoms with Crippen LogP contribution in [0.3, 0.4) is 0 Å². The molecule has 0 spiro atoms. The first-order valence-electron chi connectivity index (χ1n) is 10.8. The predicted molar refractivity (Wildman–Crippen MR) is 130 cm³/mol. The molecule has 0 radical (unpaired) electrons. The van der Waals surface area contributed by atoms with Gasteiger partial charge >= 0.3 is 0 Å². The lowest BCUT2D eigenvalue weighted by molar-refractivity contribution is -0.140. The van der Waals surface area contributed by atoms with Crippen LogP contribution in [0.4, 0.5) is 0 Å². The molecule has 0 bridgehead atoms. The minimum absolute atomic E-state index is 0.0372. The molecule has 180 valence electrons. The van der Waals surface area contributed by atoms with Crippen LogP contribution in [0, 0.1) is 6.92 Å². The van der Waals surface area contributed by atoms with Crippen LogP contribution in [0.5, 0.6) is 0 Å². The summed E-state index contributed by atoms with van der Waals surface area (Å²) in [7, 11) is -2.56. The van der Waals surface area contributed by atoms with Crippen molar-refractivity contribution in [2.24, 2.45) is 0 Å². The summed E-state index contributed by atoms with van der Waals surface area (Å²) in [5.74, 6) is -0.750. The summed E-state index contributed by atoms with van der Waals surface area (Å²) in [6.45, 7) is 7.22. The Kier molecular flexibility index (Phi) is 9.46. The van der Waals surface area contributed by atoms with Gasteiger partial charge < -0.3 is 10.2 Å².